The normalized spacial score (nSPS) is 14.4. The molecule has 0 spiro atoms. The zero-order valence-corrected chi connectivity index (χ0v) is 10.4. The Bertz CT molecular complexity index is 445. The van der Waals surface area contributed by atoms with Gasteiger partial charge in [0.05, 0.1) is 12.3 Å². The molecule has 98 valence electrons. The van der Waals surface area contributed by atoms with Crippen LogP contribution in [-0.2, 0) is 16.1 Å². The van der Waals surface area contributed by atoms with E-state index in [1.165, 1.54) is 4.68 Å². The minimum Gasteiger partial charge on any atom is -0.481 e. The quantitative estimate of drug-likeness (QED) is 0.644. The number of aryl methyl sites for hydroxylation is 1. The molecule has 0 atom stereocenters. The number of carbonyl (C=O) groups excluding carboxylic acids is 1. The first-order valence-corrected chi connectivity index (χ1v) is 6.54. The third kappa shape index (κ3) is 3.99. The van der Waals surface area contributed by atoms with Crippen LogP contribution in [0.4, 0.5) is 0 Å². The lowest BCUT2D eigenvalue weighted by atomic mass is 10.4. The van der Waals surface area contributed by atoms with Gasteiger partial charge in [-0.1, -0.05) is 11.8 Å². The SMILES string of the molecule is O=C(O)CSc1nnnn1CCC(=O)NC1CC1. The van der Waals surface area contributed by atoms with Crippen molar-refractivity contribution in [1.29, 1.82) is 0 Å². The molecule has 0 saturated heterocycles. The molecule has 1 aliphatic rings. The first-order valence-electron chi connectivity index (χ1n) is 5.55. The van der Waals surface area contributed by atoms with Gasteiger partial charge in [0.1, 0.15) is 0 Å². The number of thioether (sulfide) groups is 1. The van der Waals surface area contributed by atoms with E-state index in [0.29, 0.717) is 24.2 Å². The maximum absolute atomic E-state index is 11.5. The van der Waals surface area contributed by atoms with Crippen LogP contribution in [0, 0.1) is 0 Å². The molecule has 0 aromatic carbocycles. The van der Waals surface area contributed by atoms with Gasteiger partial charge in [0.25, 0.3) is 0 Å². The molecular weight excluding hydrogens is 258 g/mol. The second kappa shape index (κ2) is 5.80. The van der Waals surface area contributed by atoms with E-state index < -0.39 is 5.97 Å². The summed E-state index contributed by atoms with van der Waals surface area (Å²) in [5.41, 5.74) is 0. The Morgan fingerprint density at radius 2 is 2.28 bits per heavy atom. The fourth-order valence-corrected chi connectivity index (χ4v) is 1.93. The van der Waals surface area contributed by atoms with Crippen molar-refractivity contribution < 1.29 is 14.7 Å². The Labute approximate surface area is 107 Å². The molecule has 0 radical (unpaired) electrons. The van der Waals surface area contributed by atoms with Crippen LogP contribution in [0.1, 0.15) is 19.3 Å². The number of carboxylic acids is 1. The Hall–Kier alpha value is -1.64. The van der Waals surface area contributed by atoms with Crippen molar-refractivity contribution in [2.45, 2.75) is 37.0 Å². The highest BCUT2D eigenvalue weighted by molar-refractivity contribution is 7.99. The summed E-state index contributed by atoms with van der Waals surface area (Å²) in [5, 5.41) is 22.7. The largest absolute Gasteiger partial charge is 0.481 e. The van der Waals surface area contributed by atoms with Crippen LogP contribution in [0.2, 0.25) is 0 Å². The molecule has 1 aromatic heterocycles. The predicted octanol–water partition coefficient (Wildman–Crippen LogP) is -0.482. The van der Waals surface area contributed by atoms with Crippen LogP contribution in [-0.4, -0.2) is 49.0 Å². The summed E-state index contributed by atoms with van der Waals surface area (Å²) in [6.45, 7) is 0.355. The van der Waals surface area contributed by atoms with Gasteiger partial charge in [0, 0.05) is 12.5 Å². The number of aromatic nitrogens is 4. The number of hydrogen-bond acceptors (Lipinski definition) is 6. The van der Waals surface area contributed by atoms with Gasteiger partial charge in [0.2, 0.25) is 11.1 Å². The minimum absolute atomic E-state index is 0.0258. The molecule has 0 unspecified atom stereocenters. The average Bonchev–Trinajstić information content (AvgIpc) is 3.01. The Morgan fingerprint density at radius 1 is 1.50 bits per heavy atom. The lowest BCUT2D eigenvalue weighted by molar-refractivity contribution is -0.134. The van der Waals surface area contributed by atoms with E-state index in [1.54, 1.807) is 0 Å². The maximum Gasteiger partial charge on any atom is 0.313 e. The summed E-state index contributed by atoms with van der Waals surface area (Å²) in [5.74, 6) is -1.06. The number of aliphatic carboxylic acids is 1. The van der Waals surface area contributed by atoms with Gasteiger partial charge in [-0.25, -0.2) is 4.68 Å². The lowest BCUT2D eigenvalue weighted by Crippen LogP contribution is -2.26. The van der Waals surface area contributed by atoms with E-state index in [2.05, 4.69) is 20.8 Å². The zero-order valence-electron chi connectivity index (χ0n) is 9.57. The molecule has 1 fully saturated rings. The topological polar surface area (TPSA) is 110 Å². The molecule has 1 saturated carbocycles. The van der Waals surface area contributed by atoms with Crippen molar-refractivity contribution in [1.82, 2.24) is 25.5 Å². The standard InChI is InChI=1S/C9H13N5O3S/c15-7(10-6-1-2-6)3-4-14-9(11-12-13-14)18-5-8(16)17/h6H,1-5H2,(H,10,15)(H,16,17). The highest BCUT2D eigenvalue weighted by atomic mass is 32.2. The van der Waals surface area contributed by atoms with Crippen molar-refractivity contribution >= 4 is 23.6 Å². The minimum atomic E-state index is -0.930. The fourth-order valence-electron chi connectivity index (χ4n) is 1.30. The van der Waals surface area contributed by atoms with Gasteiger partial charge in [-0.2, -0.15) is 0 Å². The third-order valence-corrected chi connectivity index (χ3v) is 3.26. The van der Waals surface area contributed by atoms with Gasteiger partial charge in [0.15, 0.2) is 0 Å². The van der Waals surface area contributed by atoms with Gasteiger partial charge in [-0.3, -0.25) is 9.59 Å². The van der Waals surface area contributed by atoms with Crippen LogP contribution in [0.5, 0.6) is 0 Å². The number of hydrogen-bond donors (Lipinski definition) is 2. The summed E-state index contributed by atoms with van der Waals surface area (Å²) < 4.78 is 1.44. The zero-order chi connectivity index (χ0) is 13.0. The average molecular weight is 271 g/mol. The monoisotopic (exact) mass is 271 g/mol. The van der Waals surface area contributed by atoms with E-state index in [-0.39, 0.29) is 11.7 Å². The molecule has 2 N–H and O–H groups in total. The molecule has 2 rings (SSSR count). The Morgan fingerprint density at radius 3 is 2.94 bits per heavy atom. The summed E-state index contributed by atoms with van der Waals surface area (Å²) in [4.78, 5) is 21.9. The smallest absolute Gasteiger partial charge is 0.313 e. The molecule has 0 aliphatic heterocycles. The van der Waals surface area contributed by atoms with E-state index in [4.69, 9.17) is 5.11 Å². The number of nitrogens with one attached hydrogen (secondary N) is 1. The molecule has 8 nitrogen and oxygen atoms in total. The van der Waals surface area contributed by atoms with Crippen LogP contribution in [0.3, 0.4) is 0 Å². The Kier molecular flexibility index (Phi) is 4.13. The molecule has 1 heterocycles. The van der Waals surface area contributed by atoms with Crippen molar-refractivity contribution in [3.05, 3.63) is 0 Å². The van der Waals surface area contributed by atoms with Crippen LogP contribution in [0.15, 0.2) is 5.16 Å². The molecular formula is C9H13N5O3S. The summed E-state index contributed by atoms with van der Waals surface area (Å²) in [6.07, 6.45) is 2.40. The summed E-state index contributed by atoms with van der Waals surface area (Å²) in [7, 11) is 0. The van der Waals surface area contributed by atoms with Gasteiger partial charge >= 0.3 is 5.97 Å². The third-order valence-electron chi connectivity index (χ3n) is 2.32. The highest BCUT2D eigenvalue weighted by Crippen LogP contribution is 2.18. The van der Waals surface area contributed by atoms with Gasteiger partial charge in [-0.05, 0) is 23.3 Å². The molecule has 1 aliphatic carbocycles. The number of amides is 1. The van der Waals surface area contributed by atoms with Crippen molar-refractivity contribution in [3.63, 3.8) is 0 Å². The maximum atomic E-state index is 11.5. The molecule has 18 heavy (non-hydrogen) atoms. The van der Waals surface area contributed by atoms with E-state index in [0.717, 1.165) is 24.6 Å². The van der Waals surface area contributed by atoms with E-state index in [1.807, 2.05) is 0 Å². The van der Waals surface area contributed by atoms with Crippen molar-refractivity contribution in [3.8, 4) is 0 Å². The lowest BCUT2D eigenvalue weighted by Gasteiger charge is -2.04. The fraction of sp³-hybridized carbons (Fsp3) is 0.667. The second-order valence-electron chi connectivity index (χ2n) is 3.96. The van der Waals surface area contributed by atoms with Crippen molar-refractivity contribution in [2.75, 3.05) is 5.75 Å². The van der Waals surface area contributed by atoms with E-state index >= 15 is 0 Å². The molecule has 9 heteroatoms. The van der Waals surface area contributed by atoms with Crippen LogP contribution >= 0.6 is 11.8 Å². The summed E-state index contributed by atoms with van der Waals surface area (Å²) in [6, 6.07) is 0.340. The number of tetrazole rings is 1. The molecule has 0 bridgehead atoms. The van der Waals surface area contributed by atoms with Crippen LogP contribution in [0.25, 0.3) is 0 Å². The van der Waals surface area contributed by atoms with Crippen LogP contribution < -0.4 is 5.32 Å². The van der Waals surface area contributed by atoms with E-state index in [9.17, 15) is 9.59 Å². The highest BCUT2D eigenvalue weighted by Gasteiger charge is 2.23. The number of rotatable bonds is 7. The number of nitrogens with zero attached hydrogens (tertiary/aromatic N) is 4. The summed E-state index contributed by atoms with van der Waals surface area (Å²) >= 11 is 1.04. The molecule has 1 aromatic rings. The Balaban J connectivity index is 1.78. The second-order valence-corrected chi connectivity index (χ2v) is 4.90. The van der Waals surface area contributed by atoms with Crippen molar-refractivity contribution in [2.24, 2.45) is 0 Å². The van der Waals surface area contributed by atoms with Gasteiger partial charge in [-0.15, -0.1) is 5.10 Å². The van der Waals surface area contributed by atoms with Gasteiger partial charge < -0.3 is 10.4 Å². The first kappa shape index (κ1) is 12.8. The number of carbonyl (C=O) groups is 2. The molecule has 1 amide bonds. The first-order chi connectivity index (χ1) is 8.65. The number of carboxylic acid groups (broad SMARTS) is 1. The predicted molar refractivity (Wildman–Crippen MR) is 62.0 cm³/mol.